The van der Waals surface area contributed by atoms with Crippen molar-refractivity contribution in [2.24, 2.45) is 0 Å². The number of para-hydroxylation sites is 1. The lowest BCUT2D eigenvalue weighted by Crippen LogP contribution is -2.33. The molecule has 1 aliphatic heterocycles. The third-order valence-corrected chi connectivity index (χ3v) is 4.22. The van der Waals surface area contributed by atoms with E-state index >= 15 is 0 Å². The van der Waals surface area contributed by atoms with Crippen LogP contribution in [-0.2, 0) is 11.3 Å². The van der Waals surface area contributed by atoms with Crippen LogP contribution in [0.4, 0.5) is 5.69 Å². The van der Waals surface area contributed by atoms with Gasteiger partial charge in [-0.05, 0) is 18.2 Å². The van der Waals surface area contributed by atoms with E-state index in [0.29, 0.717) is 25.3 Å². The molecule has 0 saturated carbocycles. The SMILES string of the molecule is O=C(c1ccc2cccnc2c1O)N1CCOCc2ccccc21. The molecule has 2 heterocycles. The summed E-state index contributed by atoms with van der Waals surface area (Å²) in [5.74, 6) is -0.334. The van der Waals surface area contributed by atoms with Crippen LogP contribution >= 0.6 is 0 Å². The first kappa shape index (κ1) is 14.7. The van der Waals surface area contributed by atoms with E-state index in [1.165, 1.54) is 0 Å². The molecule has 1 amide bonds. The van der Waals surface area contributed by atoms with Crippen molar-refractivity contribution in [3.05, 3.63) is 65.9 Å². The molecule has 5 heteroatoms. The molecule has 4 rings (SSSR count). The highest BCUT2D eigenvalue weighted by atomic mass is 16.5. The van der Waals surface area contributed by atoms with Gasteiger partial charge in [-0.3, -0.25) is 9.78 Å². The zero-order valence-corrected chi connectivity index (χ0v) is 13.0. The highest BCUT2D eigenvalue weighted by Crippen LogP contribution is 2.31. The summed E-state index contributed by atoms with van der Waals surface area (Å²) in [4.78, 5) is 18.9. The summed E-state index contributed by atoms with van der Waals surface area (Å²) in [6.45, 7) is 1.37. The zero-order valence-electron chi connectivity index (χ0n) is 13.0. The molecule has 0 radical (unpaired) electrons. The number of benzene rings is 2. The number of hydrogen-bond acceptors (Lipinski definition) is 4. The Hall–Kier alpha value is -2.92. The molecule has 1 aliphatic rings. The van der Waals surface area contributed by atoms with E-state index in [0.717, 1.165) is 16.6 Å². The van der Waals surface area contributed by atoms with E-state index in [1.54, 1.807) is 29.3 Å². The van der Waals surface area contributed by atoms with Crippen LogP contribution in [0.5, 0.6) is 5.75 Å². The standard InChI is InChI=1S/C19H16N2O3/c22-18-15(8-7-13-5-3-9-20-17(13)18)19(23)21-10-11-24-12-14-4-1-2-6-16(14)21/h1-9,22H,10-12H2. The largest absolute Gasteiger partial charge is 0.505 e. The Morgan fingerprint density at radius 3 is 2.92 bits per heavy atom. The third-order valence-electron chi connectivity index (χ3n) is 4.22. The van der Waals surface area contributed by atoms with Crippen LogP contribution < -0.4 is 4.90 Å². The van der Waals surface area contributed by atoms with E-state index in [4.69, 9.17) is 4.74 Å². The van der Waals surface area contributed by atoms with Gasteiger partial charge in [0.25, 0.3) is 5.91 Å². The lowest BCUT2D eigenvalue weighted by atomic mass is 10.1. The molecule has 2 aromatic carbocycles. The van der Waals surface area contributed by atoms with Gasteiger partial charge < -0.3 is 14.7 Å². The monoisotopic (exact) mass is 320 g/mol. The average Bonchev–Trinajstić information content (AvgIpc) is 2.84. The number of amides is 1. The van der Waals surface area contributed by atoms with Gasteiger partial charge in [0.15, 0.2) is 5.75 Å². The fraction of sp³-hybridized carbons (Fsp3) is 0.158. The highest BCUT2D eigenvalue weighted by molar-refractivity contribution is 6.11. The number of pyridine rings is 1. The van der Waals surface area contributed by atoms with Gasteiger partial charge >= 0.3 is 0 Å². The number of rotatable bonds is 1. The second-order valence-corrected chi connectivity index (χ2v) is 5.67. The van der Waals surface area contributed by atoms with Gasteiger partial charge in [-0.15, -0.1) is 0 Å². The summed E-state index contributed by atoms with van der Waals surface area (Å²) in [5.41, 5.74) is 2.46. The zero-order chi connectivity index (χ0) is 16.5. The second-order valence-electron chi connectivity index (χ2n) is 5.67. The minimum Gasteiger partial charge on any atom is -0.505 e. The fourth-order valence-electron chi connectivity index (χ4n) is 3.01. The number of carbonyl (C=O) groups excluding carboxylic acids is 1. The molecule has 0 saturated heterocycles. The molecule has 0 unspecified atom stereocenters. The number of anilines is 1. The van der Waals surface area contributed by atoms with Gasteiger partial charge in [0.1, 0.15) is 5.52 Å². The van der Waals surface area contributed by atoms with Crippen molar-refractivity contribution < 1.29 is 14.6 Å². The number of nitrogens with zero attached hydrogens (tertiary/aromatic N) is 2. The molecular weight excluding hydrogens is 304 g/mol. The maximum Gasteiger partial charge on any atom is 0.262 e. The van der Waals surface area contributed by atoms with Gasteiger partial charge in [-0.2, -0.15) is 0 Å². The molecule has 0 spiro atoms. The van der Waals surface area contributed by atoms with Crippen LogP contribution in [-0.4, -0.2) is 29.1 Å². The number of aromatic nitrogens is 1. The van der Waals surface area contributed by atoms with Crippen LogP contribution in [0, 0.1) is 0 Å². The van der Waals surface area contributed by atoms with Gasteiger partial charge in [0.2, 0.25) is 0 Å². The van der Waals surface area contributed by atoms with E-state index < -0.39 is 0 Å². The lowest BCUT2D eigenvalue weighted by molar-refractivity contribution is 0.0963. The number of ether oxygens (including phenoxy) is 1. The second kappa shape index (κ2) is 5.94. The first-order chi connectivity index (χ1) is 11.8. The number of aromatic hydroxyl groups is 1. The molecule has 3 aromatic rings. The molecular formula is C19H16N2O3. The van der Waals surface area contributed by atoms with Crippen molar-refractivity contribution in [3.63, 3.8) is 0 Å². The van der Waals surface area contributed by atoms with Gasteiger partial charge in [-0.25, -0.2) is 0 Å². The van der Waals surface area contributed by atoms with Gasteiger partial charge in [0.05, 0.1) is 18.8 Å². The molecule has 0 bridgehead atoms. The number of carbonyl (C=O) groups is 1. The third kappa shape index (κ3) is 2.39. The number of phenolic OH excluding ortho intramolecular Hbond substituents is 1. The Morgan fingerprint density at radius 1 is 1.12 bits per heavy atom. The fourth-order valence-corrected chi connectivity index (χ4v) is 3.01. The minimum absolute atomic E-state index is 0.0826. The summed E-state index contributed by atoms with van der Waals surface area (Å²) in [6.07, 6.45) is 1.60. The molecule has 24 heavy (non-hydrogen) atoms. The summed E-state index contributed by atoms with van der Waals surface area (Å²) in [6, 6.07) is 14.8. The predicted molar refractivity (Wildman–Crippen MR) is 91.2 cm³/mol. The van der Waals surface area contributed by atoms with Crippen molar-refractivity contribution in [1.29, 1.82) is 0 Å². The summed E-state index contributed by atoms with van der Waals surface area (Å²) in [5, 5.41) is 11.3. The number of fused-ring (bicyclic) bond motifs is 2. The Kier molecular flexibility index (Phi) is 3.63. The molecule has 0 atom stereocenters. The summed E-state index contributed by atoms with van der Waals surface area (Å²) in [7, 11) is 0. The Bertz CT molecular complexity index is 923. The molecule has 120 valence electrons. The molecule has 1 N–H and O–H groups in total. The number of phenols is 1. The van der Waals surface area contributed by atoms with Crippen molar-refractivity contribution in [2.45, 2.75) is 6.61 Å². The molecule has 0 aliphatic carbocycles. The van der Waals surface area contributed by atoms with Gasteiger partial charge in [0, 0.05) is 29.4 Å². The smallest absolute Gasteiger partial charge is 0.262 e. The average molecular weight is 320 g/mol. The first-order valence-corrected chi connectivity index (χ1v) is 7.80. The van der Waals surface area contributed by atoms with Crippen molar-refractivity contribution in [1.82, 2.24) is 4.98 Å². The normalized spacial score (nSPS) is 14.2. The maximum absolute atomic E-state index is 13.1. The van der Waals surface area contributed by atoms with E-state index in [9.17, 15) is 9.90 Å². The Labute approximate surface area is 139 Å². The van der Waals surface area contributed by atoms with Crippen molar-refractivity contribution >= 4 is 22.5 Å². The van der Waals surface area contributed by atoms with Crippen LogP contribution in [0.25, 0.3) is 10.9 Å². The lowest BCUT2D eigenvalue weighted by Gasteiger charge is -2.22. The predicted octanol–water partition coefficient (Wildman–Crippen LogP) is 3.12. The maximum atomic E-state index is 13.1. The minimum atomic E-state index is -0.252. The molecule has 1 aromatic heterocycles. The Morgan fingerprint density at radius 2 is 2.00 bits per heavy atom. The summed E-state index contributed by atoms with van der Waals surface area (Å²) >= 11 is 0. The van der Waals surface area contributed by atoms with Crippen LogP contribution in [0.15, 0.2) is 54.7 Å². The highest BCUT2D eigenvalue weighted by Gasteiger charge is 2.25. The number of hydrogen-bond donors (Lipinski definition) is 1. The van der Waals surface area contributed by atoms with Crippen LogP contribution in [0.3, 0.4) is 0 Å². The Balaban J connectivity index is 1.80. The molecule has 0 fully saturated rings. The van der Waals surface area contributed by atoms with E-state index in [1.807, 2.05) is 30.3 Å². The topological polar surface area (TPSA) is 62.7 Å². The first-order valence-electron chi connectivity index (χ1n) is 7.80. The van der Waals surface area contributed by atoms with E-state index in [-0.39, 0.29) is 17.2 Å². The summed E-state index contributed by atoms with van der Waals surface area (Å²) < 4.78 is 5.57. The van der Waals surface area contributed by atoms with Crippen LogP contribution in [0.2, 0.25) is 0 Å². The van der Waals surface area contributed by atoms with E-state index in [2.05, 4.69) is 4.98 Å². The molecule has 5 nitrogen and oxygen atoms in total. The van der Waals surface area contributed by atoms with Crippen molar-refractivity contribution in [3.8, 4) is 5.75 Å². The van der Waals surface area contributed by atoms with Crippen molar-refractivity contribution in [2.75, 3.05) is 18.1 Å². The van der Waals surface area contributed by atoms with Crippen LogP contribution in [0.1, 0.15) is 15.9 Å². The van der Waals surface area contributed by atoms with Gasteiger partial charge in [-0.1, -0.05) is 30.3 Å². The quantitative estimate of drug-likeness (QED) is 0.748.